The number of aromatic nitrogens is 4. The Hall–Kier alpha value is -9.39. The molecule has 10 aromatic carbocycles. The van der Waals surface area contributed by atoms with Crippen LogP contribution in [0.1, 0.15) is 0 Å². The quantitative estimate of drug-likeness (QED) is 0.145. The van der Waals surface area contributed by atoms with Gasteiger partial charge in [0.2, 0.25) is 0 Å². The van der Waals surface area contributed by atoms with Crippen molar-refractivity contribution in [1.82, 2.24) is 19.5 Å². The third-order valence-corrected chi connectivity index (χ3v) is 13.1. The summed E-state index contributed by atoms with van der Waals surface area (Å²) in [5, 5.41) is 4.69. The molecule has 3 aromatic heterocycles. The maximum Gasteiger partial charge on any atom is 0.164 e. The van der Waals surface area contributed by atoms with Crippen LogP contribution in [0.5, 0.6) is 0 Å². The standard InChI is InChI=1S/C63H41N5O/c1-4-14-44(15-5-1)61-64-62(45-16-6-2-7-17-45)66-63(65-61)46-28-36-52(37-29-46)67(51-34-26-43(27-35-51)48-31-39-60-56(41-48)54-21-11-13-23-59(54)69-60)50-32-24-42(25-33-50)47-30-38-58-55(40-47)53-20-10-12-22-57(53)68(58)49-18-8-3-9-19-49/h1-41H. The van der Waals surface area contributed by atoms with Gasteiger partial charge in [-0.1, -0.05) is 152 Å². The number of furan rings is 1. The minimum absolute atomic E-state index is 0.612. The van der Waals surface area contributed by atoms with Crippen molar-refractivity contribution < 1.29 is 4.42 Å². The number of fused-ring (bicyclic) bond motifs is 6. The summed E-state index contributed by atoms with van der Waals surface area (Å²) in [5.41, 5.74) is 15.7. The fraction of sp³-hybridized carbons (Fsp3) is 0. The Morgan fingerprint density at radius 2 is 0.696 bits per heavy atom. The van der Waals surface area contributed by atoms with Gasteiger partial charge in [-0.05, 0) is 119 Å². The molecule has 0 atom stereocenters. The van der Waals surface area contributed by atoms with Crippen LogP contribution in [0.4, 0.5) is 17.1 Å². The van der Waals surface area contributed by atoms with Crippen LogP contribution in [0.3, 0.4) is 0 Å². The SMILES string of the molecule is c1ccc(-c2nc(-c3ccccc3)nc(-c3ccc(N(c4ccc(-c5ccc6oc7ccccc7c6c5)cc4)c4ccc(-c5ccc6c(c5)c5ccccc5n6-c5ccccc5)cc4)cc3)n2)cc1. The van der Waals surface area contributed by atoms with Gasteiger partial charge >= 0.3 is 0 Å². The fourth-order valence-electron chi connectivity index (χ4n) is 9.66. The summed E-state index contributed by atoms with van der Waals surface area (Å²) in [7, 11) is 0. The second-order valence-electron chi connectivity index (χ2n) is 17.2. The molecule has 324 valence electrons. The van der Waals surface area contributed by atoms with Gasteiger partial charge in [-0.15, -0.1) is 0 Å². The minimum atomic E-state index is 0.612. The van der Waals surface area contributed by atoms with Crippen molar-refractivity contribution in [2.75, 3.05) is 4.90 Å². The van der Waals surface area contributed by atoms with Crippen molar-refractivity contribution >= 4 is 60.8 Å². The summed E-state index contributed by atoms with van der Waals surface area (Å²) in [6.45, 7) is 0. The van der Waals surface area contributed by atoms with Gasteiger partial charge in [-0.25, -0.2) is 15.0 Å². The van der Waals surface area contributed by atoms with Gasteiger partial charge < -0.3 is 13.9 Å². The number of anilines is 3. The van der Waals surface area contributed by atoms with Crippen molar-refractivity contribution in [3.63, 3.8) is 0 Å². The first-order valence-electron chi connectivity index (χ1n) is 23.2. The van der Waals surface area contributed by atoms with E-state index < -0.39 is 0 Å². The van der Waals surface area contributed by atoms with Gasteiger partial charge in [0.15, 0.2) is 17.5 Å². The highest BCUT2D eigenvalue weighted by Crippen LogP contribution is 2.40. The highest BCUT2D eigenvalue weighted by Gasteiger charge is 2.18. The first-order chi connectivity index (χ1) is 34.2. The number of para-hydroxylation sites is 3. The molecule has 6 nitrogen and oxygen atoms in total. The molecular formula is C63H41N5O. The second-order valence-corrected chi connectivity index (χ2v) is 17.2. The van der Waals surface area contributed by atoms with Gasteiger partial charge in [-0.2, -0.15) is 0 Å². The topological polar surface area (TPSA) is 60.0 Å². The van der Waals surface area contributed by atoms with Crippen molar-refractivity contribution in [2.24, 2.45) is 0 Å². The molecule has 0 aliphatic heterocycles. The third-order valence-electron chi connectivity index (χ3n) is 13.1. The molecule has 13 rings (SSSR count). The summed E-state index contributed by atoms with van der Waals surface area (Å²) in [6, 6.07) is 87.2. The summed E-state index contributed by atoms with van der Waals surface area (Å²) < 4.78 is 8.51. The predicted octanol–water partition coefficient (Wildman–Crippen LogP) is 16.7. The highest BCUT2D eigenvalue weighted by atomic mass is 16.3. The average molecular weight is 884 g/mol. The molecule has 3 heterocycles. The van der Waals surface area contributed by atoms with Crippen LogP contribution in [0.2, 0.25) is 0 Å². The lowest BCUT2D eigenvalue weighted by molar-refractivity contribution is 0.669. The predicted molar refractivity (Wildman–Crippen MR) is 283 cm³/mol. The van der Waals surface area contributed by atoms with Gasteiger partial charge in [0.25, 0.3) is 0 Å². The Bertz CT molecular complexity index is 3920. The van der Waals surface area contributed by atoms with E-state index >= 15 is 0 Å². The van der Waals surface area contributed by atoms with Gasteiger partial charge in [0.05, 0.1) is 11.0 Å². The monoisotopic (exact) mass is 883 g/mol. The Labute approximate surface area is 398 Å². The Morgan fingerprint density at radius 3 is 1.28 bits per heavy atom. The molecule has 0 aliphatic carbocycles. The molecule has 0 radical (unpaired) electrons. The molecule has 69 heavy (non-hydrogen) atoms. The van der Waals surface area contributed by atoms with Crippen LogP contribution in [0, 0.1) is 0 Å². The molecular weight excluding hydrogens is 843 g/mol. The number of benzene rings is 10. The number of hydrogen-bond donors (Lipinski definition) is 0. The average Bonchev–Trinajstić information content (AvgIpc) is 3.97. The largest absolute Gasteiger partial charge is 0.456 e. The molecule has 0 spiro atoms. The molecule has 0 N–H and O–H groups in total. The lowest BCUT2D eigenvalue weighted by Crippen LogP contribution is -2.10. The molecule has 6 heteroatoms. The summed E-state index contributed by atoms with van der Waals surface area (Å²) in [4.78, 5) is 17.2. The van der Waals surface area contributed by atoms with Crippen LogP contribution in [0.25, 0.3) is 106 Å². The molecule has 0 aliphatic rings. The van der Waals surface area contributed by atoms with Crippen molar-refractivity contribution in [3.8, 4) is 62.1 Å². The van der Waals surface area contributed by atoms with Crippen LogP contribution in [-0.4, -0.2) is 19.5 Å². The fourth-order valence-corrected chi connectivity index (χ4v) is 9.66. The molecule has 0 bridgehead atoms. The molecule has 0 fully saturated rings. The summed E-state index contributed by atoms with van der Waals surface area (Å²) >= 11 is 0. The van der Waals surface area contributed by atoms with Crippen LogP contribution >= 0.6 is 0 Å². The van der Waals surface area contributed by atoms with E-state index in [4.69, 9.17) is 19.4 Å². The molecule has 13 aromatic rings. The maximum absolute atomic E-state index is 6.15. The zero-order valence-electron chi connectivity index (χ0n) is 37.3. The van der Waals surface area contributed by atoms with E-state index in [0.717, 1.165) is 83.6 Å². The van der Waals surface area contributed by atoms with E-state index in [-0.39, 0.29) is 0 Å². The summed E-state index contributed by atoms with van der Waals surface area (Å²) in [5.74, 6) is 1.87. The maximum atomic E-state index is 6.15. The Balaban J connectivity index is 0.888. The van der Waals surface area contributed by atoms with E-state index in [0.29, 0.717) is 17.5 Å². The lowest BCUT2D eigenvalue weighted by Gasteiger charge is -2.26. The van der Waals surface area contributed by atoms with Crippen LogP contribution in [0.15, 0.2) is 253 Å². The highest BCUT2D eigenvalue weighted by molar-refractivity contribution is 6.10. The van der Waals surface area contributed by atoms with E-state index in [1.54, 1.807) is 0 Å². The van der Waals surface area contributed by atoms with E-state index in [1.807, 2.05) is 72.8 Å². The normalized spacial score (nSPS) is 11.5. The van der Waals surface area contributed by atoms with E-state index in [1.165, 1.54) is 21.8 Å². The van der Waals surface area contributed by atoms with Crippen LogP contribution < -0.4 is 4.90 Å². The smallest absolute Gasteiger partial charge is 0.164 e. The lowest BCUT2D eigenvalue weighted by atomic mass is 10.0. The minimum Gasteiger partial charge on any atom is -0.456 e. The number of nitrogens with zero attached hydrogens (tertiary/aromatic N) is 5. The third kappa shape index (κ3) is 7.28. The first kappa shape index (κ1) is 39.9. The number of hydrogen-bond acceptors (Lipinski definition) is 5. The van der Waals surface area contributed by atoms with Crippen molar-refractivity contribution in [3.05, 3.63) is 249 Å². The molecule has 0 unspecified atom stereocenters. The zero-order chi connectivity index (χ0) is 45.7. The van der Waals surface area contributed by atoms with E-state index in [9.17, 15) is 0 Å². The Kier molecular flexibility index (Phi) is 9.72. The van der Waals surface area contributed by atoms with Gasteiger partial charge in [-0.3, -0.25) is 0 Å². The molecule has 0 saturated carbocycles. The summed E-state index contributed by atoms with van der Waals surface area (Å²) in [6.07, 6.45) is 0. The first-order valence-corrected chi connectivity index (χ1v) is 23.2. The molecule has 0 amide bonds. The van der Waals surface area contributed by atoms with Crippen molar-refractivity contribution in [2.45, 2.75) is 0 Å². The number of rotatable bonds is 9. The van der Waals surface area contributed by atoms with Gasteiger partial charge in [0, 0.05) is 61.0 Å². The van der Waals surface area contributed by atoms with Crippen molar-refractivity contribution in [1.29, 1.82) is 0 Å². The molecule has 0 saturated heterocycles. The van der Waals surface area contributed by atoms with Crippen LogP contribution in [-0.2, 0) is 0 Å². The Morgan fingerprint density at radius 1 is 0.290 bits per heavy atom. The van der Waals surface area contributed by atoms with Gasteiger partial charge in [0.1, 0.15) is 11.2 Å². The second kappa shape index (κ2) is 16.8. The van der Waals surface area contributed by atoms with E-state index in [2.05, 4.69) is 185 Å². The zero-order valence-corrected chi connectivity index (χ0v) is 37.3.